The van der Waals surface area contributed by atoms with Crippen LogP contribution in [0.25, 0.3) is 10.9 Å². The Morgan fingerprint density at radius 2 is 1.66 bits per heavy atom. The average Bonchev–Trinajstić information content (AvgIpc) is 3.41. The second-order valence-corrected chi connectivity index (χ2v) is 9.31. The molecule has 0 unspecified atom stereocenters. The van der Waals surface area contributed by atoms with Crippen molar-refractivity contribution in [3.63, 3.8) is 0 Å². The van der Waals surface area contributed by atoms with Crippen molar-refractivity contribution in [2.24, 2.45) is 5.92 Å². The molecule has 3 aromatic rings. The van der Waals surface area contributed by atoms with Crippen molar-refractivity contribution in [1.82, 2.24) is 19.4 Å². The molecule has 1 saturated heterocycles. The molecule has 2 heterocycles. The highest BCUT2D eigenvalue weighted by atomic mass is 19.1. The minimum atomic E-state index is -0.643. The molecule has 0 bridgehead atoms. The summed E-state index contributed by atoms with van der Waals surface area (Å²) in [7, 11) is 0. The van der Waals surface area contributed by atoms with Crippen LogP contribution >= 0.6 is 0 Å². The summed E-state index contributed by atoms with van der Waals surface area (Å²) in [6.45, 7) is 2.16. The van der Waals surface area contributed by atoms with Gasteiger partial charge in [-0.1, -0.05) is 25.0 Å². The highest BCUT2D eigenvalue weighted by molar-refractivity contribution is 5.94. The van der Waals surface area contributed by atoms with Gasteiger partial charge in [0.05, 0.1) is 17.4 Å². The molecule has 1 aromatic heterocycles. The molecule has 1 aliphatic heterocycles. The Hall–Kier alpha value is -3.75. The zero-order valence-corrected chi connectivity index (χ0v) is 19.3. The quantitative estimate of drug-likeness (QED) is 0.623. The van der Waals surface area contributed by atoms with Crippen molar-refractivity contribution in [3.05, 3.63) is 80.2 Å². The van der Waals surface area contributed by atoms with Crippen molar-refractivity contribution < 1.29 is 14.0 Å². The van der Waals surface area contributed by atoms with E-state index in [1.807, 2.05) is 4.90 Å². The second kappa shape index (κ2) is 9.48. The van der Waals surface area contributed by atoms with Crippen molar-refractivity contribution in [1.29, 1.82) is 0 Å². The van der Waals surface area contributed by atoms with Crippen LogP contribution in [0, 0.1) is 11.7 Å². The number of benzene rings is 2. The summed E-state index contributed by atoms with van der Waals surface area (Å²) in [5.74, 6) is -0.334. The maximum Gasteiger partial charge on any atom is 0.329 e. The number of halogens is 1. The van der Waals surface area contributed by atoms with Gasteiger partial charge in [0.25, 0.3) is 11.5 Å². The number of H-pyrrole nitrogens is 1. The van der Waals surface area contributed by atoms with Crippen LogP contribution < -0.4 is 11.2 Å². The molecule has 9 heteroatoms. The minimum Gasteiger partial charge on any atom is -0.339 e. The first-order valence-electron chi connectivity index (χ1n) is 12.0. The third kappa shape index (κ3) is 4.62. The number of nitrogens with one attached hydrogen (secondary N) is 1. The van der Waals surface area contributed by atoms with Gasteiger partial charge < -0.3 is 9.80 Å². The standard InChI is InChI=1S/C26H27FN4O4/c27-20-8-9-22-21(15-20)23(32)28-26(35)31(22)16-17-4-3-7-19(14-17)25(34)30-12-10-29(11-13-30)24(33)18-5-1-2-6-18/h3-4,7-9,14-15,18H,1-2,5-6,10-13,16H2,(H,28,32,35). The van der Waals surface area contributed by atoms with Gasteiger partial charge in [0, 0.05) is 37.7 Å². The summed E-state index contributed by atoms with van der Waals surface area (Å²) >= 11 is 0. The molecule has 2 amide bonds. The predicted octanol–water partition coefficient (Wildman–Crippen LogP) is 2.35. The smallest absolute Gasteiger partial charge is 0.329 e. The van der Waals surface area contributed by atoms with Crippen LogP contribution in [0.5, 0.6) is 0 Å². The average molecular weight is 479 g/mol. The molecule has 2 aliphatic rings. The number of aromatic nitrogens is 2. The highest BCUT2D eigenvalue weighted by Gasteiger charge is 2.30. The number of nitrogens with zero attached hydrogens (tertiary/aromatic N) is 3. The number of fused-ring (bicyclic) bond motifs is 1. The van der Waals surface area contributed by atoms with E-state index < -0.39 is 17.1 Å². The second-order valence-electron chi connectivity index (χ2n) is 9.31. The summed E-state index contributed by atoms with van der Waals surface area (Å²) in [6, 6.07) is 10.7. The minimum absolute atomic E-state index is 0.0850. The molecule has 1 N–H and O–H groups in total. The van der Waals surface area contributed by atoms with Crippen molar-refractivity contribution in [2.75, 3.05) is 26.2 Å². The summed E-state index contributed by atoms with van der Waals surface area (Å²) < 4.78 is 15.0. The van der Waals surface area contributed by atoms with Gasteiger partial charge in [-0.2, -0.15) is 0 Å². The summed E-state index contributed by atoms with van der Waals surface area (Å²) in [4.78, 5) is 56.3. The van der Waals surface area contributed by atoms with Crippen LogP contribution in [-0.2, 0) is 11.3 Å². The van der Waals surface area contributed by atoms with Crippen LogP contribution in [-0.4, -0.2) is 57.3 Å². The molecule has 0 radical (unpaired) electrons. The lowest BCUT2D eigenvalue weighted by Gasteiger charge is -2.36. The van der Waals surface area contributed by atoms with Crippen molar-refractivity contribution in [3.8, 4) is 0 Å². The fourth-order valence-electron chi connectivity index (χ4n) is 5.15. The molecule has 2 fully saturated rings. The Bertz CT molecular complexity index is 1400. The van der Waals surface area contributed by atoms with Gasteiger partial charge in [-0.05, 0) is 48.7 Å². The van der Waals surface area contributed by atoms with E-state index in [0.717, 1.165) is 31.7 Å². The molecule has 35 heavy (non-hydrogen) atoms. The van der Waals surface area contributed by atoms with Gasteiger partial charge in [-0.15, -0.1) is 0 Å². The predicted molar refractivity (Wildman–Crippen MR) is 129 cm³/mol. The Morgan fingerprint density at radius 1 is 0.943 bits per heavy atom. The Morgan fingerprint density at radius 3 is 2.40 bits per heavy atom. The highest BCUT2D eigenvalue weighted by Crippen LogP contribution is 2.27. The van der Waals surface area contributed by atoms with Gasteiger partial charge in [-0.25, -0.2) is 9.18 Å². The number of rotatable bonds is 4. The molecule has 0 spiro atoms. The maximum atomic E-state index is 13.6. The zero-order valence-electron chi connectivity index (χ0n) is 19.3. The van der Waals surface area contributed by atoms with Gasteiger partial charge in [0.1, 0.15) is 5.82 Å². The molecule has 5 rings (SSSR count). The van der Waals surface area contributed by atoms with Gasteiger partial charge in [0.15, 0.2) is 0 Å². The SMILES string of the molecule is O=C(c1cccc(Cn2c(=O)[nH]c(=O)c3cc(F)ccc32)c1)N1CCN(C(=O)C2CCCC2)CC1. The van der Waals surface area contributed by atoms with E-state index in [0.29, 0.717) is 42.8 Å². The van der Waals surface area contributed by atoms with Crippen LogP contribution in [0.2, 0.25) is 0 Å². The van der Waals surface area contributed by atoms with Crippen molar-refractivity contribution in [2.45, 2.75) is 32.2 Å². The van der Waals surface area contributed by atoms with Crippen LogP contribution in [0.3, 0.4) is 0 Å². The molecule has 2 aromatic carbocycles. The lowest BCUT2D eigenvalue weighted by molar-refractivity contribution is -0.136. The van der Waals surface area contributed by atoms with E-state index in [-0.39, 0.29) is 29.7 Å². The molecule has 1 aliphatic carbocycles. The fraction of sp³-hybridized carbons (Fsp3) is 0.385. The summed E-state index contributed by atoms with van der Waals surface area (Å²) in [5, 5.41) is 0.0850. The van der Waals surface area contributed by atoms with Crippen LogP contribution in [0.4, 0.5) is 4.39 Å². The first-order chi connectivity index (χ1) is 16.9. The number of hydrogen-bond acceptors (Lipinski definition) is 4. The van der Waals surface area contributed by atoms with E-state index in [4.69, 9.17) is 0 Å². The molecular formula is C26H27FN4O4. The Balaban J connectivity index is 1.31. The van der Waals surface area contributed by atoms with E-state index in [2.05, 4.69) is 4.98 Å². The zero-order chi connectivity index (χ0) is 24.5. The lowest BCUT2D eigenvalue weighted by atomic mass is 10.1. The molecule has 1 saturated carbocycles. The number of aromatic amines is 1. The summed E-state index contributed by atoms with van der Waals surface area (Å²) in [5.41, 5.74) is 0.264. The number of amides is 2. The number of carbonyl (C=O) groups excluding carboxylic acids is 2. The lowest BCUT2D eigenvalue weighted by Crippen LogP contribution is -2.51. The number of hydrogen-bond donors (Lipinski definition) is 1. The molecule has 182 valence electrons. The first kappa shape index (κ1) is 23.0. The molecular weight excluding hydrogens is 451 g/mol. The number of carbonyl (C=O) groups is 2. The van der Waals surface area contributed by atoms with Gasteiger partial charge >= 0.3 is 5.69 Å². The topological polar surface area (TPSA) is 95.5 Å². The molecule has 8 nitrogen and oxygen atoms in total. The normalized spacial score (nSPS) is 16.7. The third-order valence-electron chi connectivity index (χ3n) is 7.06. The largest absolute Gasteiger partial charge is 0.339 e. The Labute approximate surface area is 201 Å². The van der Waals surface area contributed by atoms with Crippen molar-refractivity contribution >= 4 is 22.7 Å². The number of piperazine rings is 1. The van der Waals surface area contributed by atoms with Gasteiger partial charge in [-0.3, -0.25) is 23.9 Å². The van der Waals surface area contributed by atoms with E-state index in [1.54, 1.807) is 29.2 Å². The van der Waals surface area contributed by atoms with E-state index in [1.165, 1.54) is 16.7 Å². The molecule has 0 atom stereocenters. The van der Waals surface area contributed by atoms with Gasteiger partial charge in [0.2, 0.25) is 5.91 Å². The van der Waals surface area contributed by atoms with E-state index in [9.17, 15) is 23.6 Å². The van der Waals surface area contributed by atoms with Crippen LogP contribution in [0.1, 0.15) is 41.6 Å². The Kier molecular flexibility index (Phi) is 6.23. The monoisotopic (exact) mass is 478 g/mol. The summed E-state index contributed by atoms with van der Waals surface area (Å²) in [6.07, 6.45) is 4.16. The fourth-order valence-corrected chi connectivity index (χ4v) is 5.15. The first-order valence-corrected chi connectivity index (χ1v) is 12.0. The van der Waals surface area contributed by atoms with Crippen LogP contribution in [0.15, 0.2) is 52.1 Å². The van der Waals surface area contributed by atoms with E-state index >= 15 is 0 Å². The third-order valence-corrected chi connectivity index (χ3v) is 7.06. The maximum absolute atomic E-state index is 13.6.